The summed E-state index contributed by atoms with van der Waals surface area (Å²) in [5.41, 5.74) is 1.29. The van der Waals surface area contributed by atoms with Gasteiger partial charge >= 0.3 is 0 Å². The molecule has 0 aliphatic rings. The minimum absolute atomic E-state index is 0.0924. The molecule has 1 aromatic carbocycles. The van der Waals surface area contributed by atoms with Crippen LogP contribution in [0.2, 0.25) is 0 Å². The number of anilines is 2. The van der Waals surface area contributed by atoms with Crippen LogP contribution in [-0.2, 0) is 14.8 Å². The number of carbonyl (C=O) groups is 1. The molecule has 7 heteroatoms. The number of amides is 1. The van der Waals surface area contributed by atoms with Crippen LogP contribution in [-0.4, -0.2) is 19.3 Å². The first-order valence-electron chi connectivity index (χ1n) is 7.27. The molecule has 0 aliphatic heterocycles. The summed E-state index contributed by atoms with van der Waals surface area (Å²) in [7, 11) is -3.71. The molecule has 1 aromatic heterocycles. The van der Waals surface area contributed by atoms with Gasteiger partial charge < -0.3 is 5.32 Å². The van der Waals surface area contributed by atoms with Gasteiger partial charge in [0.05, 0.1) is 4.90 Å². The molecule has 122 valence electrons. The number of hydrogen-bond donors (Lipinski definition) is 2. The number of aryl methyl sites for hydroxylation is 1. The standard InChI is InChI=1S/C16H19N3O3S/c1-3-5-16(20)18-13-8-10-14(11-9-13)23(21,22)19-15-7-4-6-12(2)17-15/h4,6-11H,3,5H2,1-2H3,(H,17,19)(H,18,20). The number of hydrogen-bond acceptors (Lipinski definition) is 4. The Balaban J connectivity index is 2.12. The lowest BCUT2D eigenvalue weighted by Gasteiger charge is -2.09. The van der Waals surface area contributed by atoms with E-state index in [1.165, 1.54) is 12.1 Å². The Kier molecular flexibility index (Phi) is 5.33. The van der Waals surface area contributed by atoms with Gasteiger partial charge in [-0.2, -0.15) is 0 Å². The maximum atomic E-state index is 12.3. The number of nitrogens with zero attached hydrogens (tertiary/aromatic N) is 1. The number of sulfonamides is 1. The second-order valence-electron chi connectivity index (χ2n) is 5.09. The Morgan fingerprint density at radius 3 is 2.43 bits per heavy atom. The highest BCUT2D eigenvalue weighted by molar-refractivity contribution is 7.92. The van der Waals surface area contributed by atoms with E-state index in [9.17, 15) is 13.2 Å². The molecule has 0 atom stereocenters. The molecule has 0 spiro atoms. The third-order valence-corrected chi connectivity index (χ3v) is 4.42. The van der Waals surface area contributed by atoms with Gasteiger partial charge in [-0.3, -0.25) is 9.52 Å². The average molecular weight is 333 g/mol. The van der Waals surface area contributed by atoms with Crippen molar-refractivity contribution in [2.45, 2.75) is 31.6 Å². The fourth-order valence-corrected chi connectivity index (χ4v) is 2.97. The van der Waals surface area contributed by atoms with Crippen LogP contribution in [0.1, 0.15) is 25.5 Å². The quantitative estimate of drug-likeness (QED) is 0.851. The summed E-state index contributed by atoms with van der Waals surface area (Å²) in [6, 6.07) is 11.1. The lowest BCUT2D eigenvalue weighted by Crippen LogP contribution is -2.14. The Labute approximate surface area is 136 Å². The van der Waals surface area contributed by atoms with Crippen LogP contribution in [0.4, 0.5) is 11.5 Å². The van der Waals surface area contributed by atoms with Gasteiger partial charge in [-0.15, -0.1) is 0 Å². The first kappa shape index (κ1) is 17.0. The van der Waals surface area contributed by atoms with Gasteiger partial charge in [-0.1, -0.05) is 13.0 Å². The summed E-state index contributed by atoms with van der Waals surface area (Å²) in [5.74, 6) is 0.176. The molecule has 0 saturated carbocycles. The van der Waals surface area contributed by atoms with Gasteiger partial charge in [0.25, 0.3) is 10.0 Å². The lowest BCUT2D eigenvalue weighted by atomic mass is 10.3. The highest BCUT2D eigenvalue weighted by Gasteiger charge is 2.15. The van der Waals surface area contributed by atoms with Crippen molar-refractivity contribution in [2.75, 3.05) is 10.0 Å². The Morgan fingerprint density at radius 2 is 1.83 bits per heavy atom. The molecule has 0 aliphatic carbocycles. The second-order valence-corrected chi connectivity index (χ2v) is 6.77. The first-order chi connectivity index (χ1) is 10.9. The highest BCUT2D eigenvalue weighted by Crippen LogP contribution is 2.17. The van der Waals surface area contributed by atoms with E-state index >= 15 is 0 Å². The van der Waals surface area contributed by atoms with Gasteiger partial charge in [-0.05, 0) is 49.7 Å². The van der Waals surface area contributed by atoms with Crippen LogP contribution >= 0.6 is 0 Å². The molecule has 0 saturated heterocycles. The van der Waals surface area contributed by atoms with Gasteiger partial charge in [0, 0.05) is 17.8 Å². The zero-order chi connectivity index (χ0) is 16.9. The molecule has 2 aromatic rings. The van der Waals surface area contributed by atoms with E-state index in [-0.39, 0.29) is 16.6 Å². The van der Waals surface area contributed by atoms with E-state index in [1.54, 1.807) is 37.3 Å². The number of benzene rings is 1. The van der Waals surface area contributed by atoms with Crippen molar-refractivity contribution in [3.8, 4) is 0 Å². The molecular weight excluding hydrogens is 314 g/mol. The van der Waals surface area contributed by atoms with Crippen LogP contribution in [0.3, 0.4) is 0 Å². The van der Waals surface area contributed by atoms with E-state index in [2.05, 4.69) is 15.0 Å². The van der Waals surface area contributed by atoms with Gasteiger partial charge in [-0.25, -0.2) is 13.4 Å². The van der Waals surface area contributed by atoms with Crippen LogP contribution in [0, 0.1) is 6.92 Å². The van der Waals surface area contributed by atoms with Crippen molar-refractivity contribution in [3.05, 3.63) is 48.2 Å². The molecule has 0 bridgehead atoms. The summed E-state index contributed by atoms with van der Waals surface area (Å²) >= 11 is 0. The number of carbonyl (C=O) groups excluding carboxylic acids is 1. The summed E-state index contributed by atoms with van der Waals surface area (Å²) in [6.07, 6.45) is 1.19. The molecule has 0 radical (unpaired) electrons. The summed E-state index contributed by atoms with van der Waals surface area (Å²) < 4.78 is 27.1. The maximum absolute atomic E-state index is 12.3. The molecule has 0 unspecified atom stereocenters. The third kappa shape index (κ3) is 4.79. The fraction of sp³-hybridized carbons (Fsp3) is 0.250. The molecule has 1 heterocycles. The van der Waals surface area contributed by atoms with E-state index in [0.29, 0.717) is 12.1 Å². The Bertz CT molecular complexity index is 786. The SMILES string of the molecule is CCCC(=O)Nc1ccc(S(=O)(=O)Nc2cccc(C)n2)cc1. The zero-order valence-electron chi connectivity index (χ0n) is 13.0. The van der Waals surface area contributed by atoms with E-state index in [1.807, 2.05) is 6.92 Å². The van der Waals surface area contributed by atoms with Gasteiger partial charge in [0.2, 0.25) is 5.91 Å². The molecule has 23 heavy (non-hydrogen) atoms. The normalized spacial score (nSPS) is 11.0. The largest absolute Gasteiger partial charge is 0.326 e. The Morgan fingerprint density at radius 1 is 1.13 bits per heavy atom. The van der Waals surface area contributed by atoms with Crippen molar-refractivity contribution >= 4 is 27.4 Å². The minimum atomic E-state index is -3.71. The Hall–Kier alpha value is -2.41. The fourth-order valence-electron chi connectivity index (χ4n) is 1.96. The third-order valence-electron chi connectivity index (χ3n) is 3.05. The van der Waals surface area contributed by atoms with Crippen LogP contribution in [0.25, 0.3) is 0 Å². The predicted octanol–water partition coefficient (Wildman–Crippen LogP) is 2.93. The van der Waals surface area contributed by atoms with E-state index < -0.39 is 10.0 Å². The topological polar surface area (TPSA) is 88.2 Å². The summed E-state index contributed by atoms with van der Waals surface area (Å²) in [6.45, 7) is 3.70. The lowest BCUT2D eigenvalue weighted by molar-refractivity contribution is -0.116. The zero-order valence-corrected chi connectivity index (χ0v) is 13.9. The second kappa shape index (κ2) is 7.23. The summed E-state index contributed by atoms with van der Waals surface area (Å²) in [4.78, 5) is 15.7. The molecular formula is C16H19N3O3S. The number of rotatable bonds is 6. The van der Waals surface area contributed by atoms with Crippen LogP contribution in [0.15, 0.2) is 47.4 Å². The minimum Gasteiger partial charge on any atom is -0.326 e. The van der Waals surface area contributed by atoms with Crippen molar-refractivity contribution in [1.82, 2.24) is 4.98 Å². The van der Waals surface area contributed by atoms with Crippen LogP contribution in [0.5, 0.6) is 0 Å². The number of pyridine rings is 1. The molecule has 6 nitrogen and oxygen atoms in total. The van der Waals surface area contributed by atoms with Crippen molar-refractivity contribution in [1.29, 1.82) is 0 Å². The van der Waals surface area contributed by atoms with Gasteiger partial charge in [0.1, 0.15) is 5.82 Å². The molecule has 2 N–H and O–H groups in total. The summed E-state index contributed by atoms with van der Waals surface area (Å²) in [5, 5.41) is 2.71. The average Bonchev–Trinajstić information content (AvgIpc) is 2.47. The predicted molar refractivity (Wildman–Crippen MR) is 89.8 cm³/mol. The van der Waals surface area contributed by atoms with Crippen molar-refractivity contribution in [2.24, 2.45) is 0 Å². The molecule has 2 rings (SSSR count). The smallest absolute Gasteiger partial charge is 0.263 e. The van der Waals surface area contributed by atoms with E-state index in [4.69, 9.17) is 0 Å². The number of aromatic nitrogens is 1. The molecule has 0 fully saturated rings. The maximum Gasteiger partial charge on any atom is 0.263 e. The van der Waals surface area contributed by atoms with Crippen molar-refractivity contribution in [3.63, 3.8) is 0 Å². The van der Waals surface area contributed by atoms with Crippen molar-refractivity contribution < 1.29 is 13.2 Å². The molecule has 1 amide bonds. The van der Waals surface area contributed by atoms with Crippen LogP contribution < -0.4 is 10.0 Å². The first-order valence-corrected chi connectivity index (χ1v) is 8.75. The van der Waals surface area contributed by atoms with Gasteiger partial charge in [0.15, 0.2) is 0 Å². The number of nitrogens with one attached hydrogen (secondary N) is 2. The monoisotopic (exact) mass is 333 g/mol. The highest BCUT2D eigenvalue weighted by atomic mass is 32.2. The van der Waals surface area contributed by atoms with E-state index in [0.717, 1.165) is 12.1 Å².